The highest BCUT2D eigenvalue weighted by atomic mass is 35.5. The van der Waals surface area contributed by atoms with Gasteiger partial charge in [0.25, 0.3) is 0 Å². The first-order chi connectivity index (χ1) is 9.90. The van der Waals surface area contributed by atoms with Crippen molar-refractivity contribution in [1.82, 2.24) is 8.87 Å². The van der Waals surface area contributed by atoms with Gasteiger partial charge in [-0.05, 0) is 26.3 Å². The lowest BCUT2D eigenvalue weighted by molar-refractivity contribution is 0.416. The average Bonchev–Trinajstić information content (AvgIpc) is 2.92. The van der Waals surface area contributed by atoms with Gasteiger partial charge < -0.3 is 4.57 Å². The average molecular weight is 351 g/mol. The van der Waals surface area contributed by atoms with Crippen molar-refractivity contribution in [3.63, 3.8) is 0 Å². The van der Waals surface area contributed by atoms with E-state index in [-0.39, 0.29) is 6.04 Å². The molecule has 0 N–H and O–H groups in total. The predicted molar refractivity (Wildman–Crippen MR) is 89.7 cm³/mol. The van der Waals surface area contributed by atoms with E-state index >= 15 is 0 Å². The fourth-order valence-corrected chi connectivity index (χ4v) is 5.68. The number of nitrogens with zero attached hydrogens (tertiary/aromatic N) is 2. The Morgan fingerprint density at radius 2 is 2.19 bits per heavy atom. The van der Waals surface area contributed by atoms with Gasteiger partial charge in [-0.3, -0.25) is 0 Å². The van der Waals surface area contributed by atoms with Gasteiger partial charge in [-0.25, -0.2) is 8.42 Å². The van der Waals surface area contributed by atoms with Crippen molar-refractivity contribution in [3.05, 3.63) is 18.0 Å². The molecular formula is C14H23ClN2O2S2. The number of sulfonamides is 1. The molecule has 1 unspecified atom stereocenters. The van der Waals surface area contributed by atoms with E-state index in [1.807, 2.05) is 30.2 Å². The van der Waals surface area contributed by atoms with E-state index in [4.69, 9.17) is 11.6 Å². The van der Waals surface area contributed by atoms with E-state index in [0.717, 1.165) is 17.9 Å². The summed E-state index contributed by atoms with van der Waals surface area (Å²) in [7, 11) is -3.41. The van der Waals surface area contributed by atoms with Crippen LogP contribution in [0.25, 0.3) is 0 Å². The van der Waals surface area contributed by atoms with Gasteiger partial charge in [0.1, 0.15) is 4.90 Å². The second-order valence-electron chi connectivity index (χ2n) is 5.57. The number of hydrogen-bond donors (Lipinski definition) is 0. The summed E-state index contributed by atoms with van der Waals surface area (Å²) in [5.41, 5.74) is 0.851. The zero-order valence-corrected chi connectivity index (χ0v) is 15.1. The van der Waals surface area contributed by atoms with Crippen LogP contribution in [-0.4, -0.2) is 41.4 Å². The van der Waals surface area contributed by atoms with Crippen molar-refractivity contribution in [2.45, 2.75) is 49.3 Å². The first-order valence-electron chi connectivity index (χ1n) is 7.28. The molecule has 120 valence electrons. The van der Waals surface area contributed by atoms with Gasteiger partial charge in [0.05, 0.1) is 5.88 Å². The molecular weight excluding hydrogens is 328 g/mol. The SMILES string of the molecule is CCC1CN(S(=O)(=O)c2cc(CCl)n(C(C)C)c2)CCS1. The molecule has 4 nitrogen and oxygen atoms in total. The summed E-state index contributed by atoms with van der Waals surface area (Å²) in [5, 5.41) is 0.396. The highest BCUT2D eigenvalue weighted by Crippen LogP contribution is 2.28. The molecule has 1 fully saturated rings. The van der Waals surface area contributed by atoms with Crippen LogP contribution in [0.3, 0.4) is 0 Å². The lowest BCUT2D eigenvalue weighted by Gasteiger charge is -2.30. The van der Waals surface area contributed by atoms with Gasteiger partial charge >= 0.3 is 0 Å². The molecule has 7 heteroatoms. The molecule has 0 bridgehead atoms. The third kappa shape index (κ3) is 3.60. The minimum absolute atomic E-state index is 0.197. The molecule has 1 saturated heterocycles. The van der Waals surface area contributed by atoms with Crippen LogP contribution >= 0.6 is 23.4 Å². The Morgan fingerprint density at radius 3 is 2.71 bits per heavy atom. The van der Waals surface area contributed by atoms with E-state index in [2.05, 4.69) is 6.92 Å². The van der Waals surface area contributed by atoms with Gasteiger partial charge in [0.15, 0.2) is 0 Å². The molecule has 0 radical (unpaired) electrons. The number of rotatable bonds is 5. The maximum atomic E-state index is 12.8. The van der Waals surface area contributed by atoms with Gasteiger partial charge in [0, 0.05) is 42.0 Å². The first kappa shape index (κ1) is 17.2. The minimum atomic E-state index is -3.41. The number of aromatic nitrogens is 1. The lowest BCUT2D eigenvalue weighted by Crippen LogP contribution is -2.41. The quantitative estimate of drug-likeness (QED) is 0.765. The monoisotopic (exact) mass is 350 g/mol. The second kappa shape index (κ2) is 6.94. The van der Waals surface area contributed by atoms with Crippen molar-refractivity contribution in [3.8, 4) is 0 Å². The normalized spacial score (nSPS) is 21.1. The molecule has 0 aliphatic carbocycles. The first-order valence-corrected chi connectivity index (χ1v) is 10.3. The largest absolute Gasteiger partial charge is 0.346 e. The maximum absolute atomic E-state index is 12.8. The smallest absolute Gasteiger partial charge is 0.244 e. The molecule has 1 aliphatic heterocycles. The van der Waals surface area contributed by atoms with Crippen LogP contribution in [0.15, 0.2) is 17.2 Å². The Kier molecular flexibility index (Phi) is 5.68. The zero-order chi connectivity index (χ0) is 15.6. The molecule has 0 spiro atoms. The van der Waals surface area contributed by atoms with Crippen LogP contribution in [0, 0.1) is 0 Å². The van der Waals surface area contributed by atoms with Crippen molar-refractivity contribution < 1.29 is 8.42 Å². The molecule has 1 aromatic rings. The molecule has 1 aliphatic rings. The standard InChI is InChI=1S/C14H23ClN2O2S2/c1-4-13-9-16(5-6-20-13)21(18,19)14-7-12(8-15)17(10-14)11(2)3/h7,10-11,13H,4-6,8-9H2,1-3H3. The van der Waals surface area contributed by atoms with Gasteiger partial charge in [-0.2, -0.15) is 16.1 Å². The van der Waals surface area contributed by atoms with Crippen LogP contribution in [0.5, 0.6) is 0 Å². The topological polar surface area (TPSA) is 42.3 Å². The van der Waals surface area contributed by atoms with Crippen molar-refractivity contribution in [2.75, 3.05) is 18.8 Å². The Balaban J connectivity index is 2.31. The van der Waals surface area contributed by atoms with Gasteiger partial charge in [0.2, 0.25) is 10.0 Å². The van der Waals surface area contributed by atoms with Gasteiger partial charge in [-0.1, -0.05) is 6.92 Å². The summed E-state index contributed by atoms with van der Waals surface area (Å²) < 4.78 is 29.2. The third-order valence-corrected chi connectivity index (χ3v) is 7.27. The summed E-state index contributed by atoms with van der Waals surface area (Å²) in [6.07, 6.45) is 2.72. The maximum Gasteiger partial charge on any atom is 0.244 e. The molecule has 1 atom stereocenters. The van der Waals surface area contributed by atoms with Crippen LogP contribution in [-0.2, 0) is 15.9 Å². The highest BCUT2D eigenvalue weighted by molar-refractivity contribution is 8.00. The second-order valence-corrected chi connectivity index (χ2v) is 9.18. The minimum Gasteiger partial charge on any atom is -0.346 e. The van der Waals surface area contributed by atoms with Crippen LogP contribution in [0.4, 0.5) is 0 Å². The third-order valence-electron chi connectivity index (χ3n) is 3.79. The van der Waals surface area contributed by atoms with Crippen LogP contribution < -0.4 is 0 Å². The lowest BCUT2D eigenvalue weighted by atomic mass is 10.3. The number of hydrogen-bond acceptors (Lipinski definition) is 3. The predicted octanol–water partition coefficient (Wildman–Crippen LogP) is 3.32. The Hall–Kier alpha value is -0.170. The van der Waals surface area contributed by atoms with E-state index in [0.29, 0.717) is 29.1 Å². The highest BCUT2D eigenvalue weighted by Gasteiger charge is 2.31. The molecule has 2 heterocycles. The summed E-state index contributed by atoms with van der Waals surface area (Å²) >= 11 is 7.80. The summed E-state index contributed by atoms with van der Waals surface area (Å²) in [4.78, 5) is 0.369. The molecule has 0 saturated carbocycles. The van der Waals surface area contributed by atoms with Crippen molar-refractivity contribution in [1.29, 1.82) is 0 Å². The zero-order valence-electron chi connectivity index (χ0n) is 12.8. The van der Waals surface area contributed by atoms with Crippen molar-refractivity contribution >= 4 is 33.4 Å². The molecule has 1 aromatic heterocycles. The van der Waals surface area contributed by atoms with Crippen LogP contribution in [0.1, 0.15) is 38.9 Å². The summed E-state index contributed by atoms with van der Waals surface area (Å²) in [6, 6.07) is 1.91. The van der Waals surface area contributed by atoms with Crippen molar-refractivity contribution in [2.24, 2.45) is 0 Å². The van der Waals surface area contributed by atoms with E-state index in [9.17, 15) is 8.42 Å². The Bertz CT molecular complexity index is 584. The van der Waals surface area contributed by atoms with Crippen LogP contribution in [0.2, 0.25) is 0 Å². The molecule has 21 heavy (non-hydrogen) atoms. The summed E-state index contributed by atoms with van der Waals surface area (Å²) in [6.45, 7) is 7.35. The number of thioether (sulfide) groups is 1. The van der Waals surface area contributed by atoms with Gasteiger partial charge in [-0.15, -0.1) is 11.6 Å². The Morgan fingerprint density at radius 1 is 1.48 bits per heavy atom. The number of halogens is 1. The fourth-order valence-electron chi connectivity index (χ4n) is 2.53. The molecule has 2 rings (SSSR count). The molecule has 0 amide bonds. The van der Waals surface area contributed by atoms with E-state index in [1.165, 1.54) is 0 Å². The fraction of sp³-hybridized carbons (Fsp3) is 0.714. The summed E-state index contributed by atoms with van der Waals surface area (Å²) in [5.74, 6) is 1.19. The molecule has 0 aromatic carbocycles. The van der Waals surface area contributed by atoms with E-state index in [1.54, 1.807) is 16.6 Å². The van der Waals surface area contributed by atoms with E-state index < -0.39 is 10.0 Å². The Labute approximate surface area is 136 Å². The number of alkyl halides is 1.